The first-order chi connectivity index (χ1) is 15.9. The number of hydrogen-bond donors (Lipinski definition) is 1. The van der Waals surface area contributed by atoms with Crippen molar-refractivity contribution in [1.82, 2.24) is 20.0 Å². The summed E-state index contributed by atoms with van der Waals surface area (Å²) in [4.78, 5) is 27.4. The number of nitrogens with one attached hydrogen (secondary N) is 1. The smallest absolute Gasteiger partial charge is 0.254 e. The van der Waals surface area contributed by atoms with E-state index in [-0.39, 0.29) is 11.8 Å². The van der Waals surface area contributed by atoms with Crippen molar-refractivity contribution in [2.24, 2.45) is 0 Å². The van der Waals surface area contributed by atoms with Crippen molar-refractivity contribution in [1.29, 1.82) is 0 Å². The van der Waals surface area contributed by atoms with Gasteiger partial charge in [-0.2, -0.15) is 5.10 Å². The van der Waals surface area contributed by atoms with E-state index in [9.17, 15) is 9.59 Å². The summed E-state index contributed by atoms with van der Waals surface area (Å²) in [7, 11) is 0. The third-order valence-corrected chi connectivity index (χ3v) is 6.31. The van der Waals surface area contributed by atoms with E-state index < -0.39 is 6.04 Å². The summed E-state index contributed by atoms with van der Waals surface area (Å²) in [5.74, 6) is -0.341. The lowest BCUT2D eigenvalue weighted by molar-refractivity contribution is -0.124. The van der Waals surface area contributed by atoms with Crippen LogP contribution < -0.4 is 5.32 Å². The molecule has 1 saturated heterocycles. The largest absolute Gasteiger partial charge is 0.354 e. The molecule has 1 fully saturated rings. The minimum Gasteiger partial charge on any atom is -0.354 e. The van der Waals surface area contributed by atoms with E-state index in [0.29, 0.717) is 35.1 Å². The van der Waals surface area contributed by atoms with Crippen LogP contribution in [0, 0.1) is 6.92 Å². The second-order valence-corrected chi connectivity index (χ2v) is 9.10. The molecule has 1 unspecified atom stereocenters. The maximum absolute atomic E-state index is 13.0. The first kappa shape index (κ1) is 23.3. The summed E-state index contributed by atoms with van der Waals surface area (Å²) in [5, 5.41) is 8.39. The summed E-state index contributed by atoms with van der Waals surface area (Å²) >= 11 is 12.1. The molecule has 1 aromatic heterocycles. The number of aryl methyl sites for hydroxylation is 2. The lowest BCUT2D eigenvalue weighted by atomic mass is 10.1. The zero-order valence-electron chi connectivity index (χ0n) is 18.4. The Morgan fingerprint density at radius 3 is 2.58 bits per heavy atom. The predicted octanol–water partition coefficient (Wildman–Crippen LogP) is 4.84. The fraction of sp³-hybridized carbons (Fsp3) is 0.320. The van der Waals surface area contributed by atoms with Crippen molar-refractivity contribution in [3.8, 4) is 5.69 Å². The van der Waals surface area contributed by atoms with Crippen LogP contribution in [-0.2, 0) is 11.2 Å². The molecule has 8 heteroatoms. The molecule has 0 saturated carbocycles. The summed E-state index contributed by atoms with van der Waals surface area (Å²) in [6.07, 6.45) is 5.08. The molecule has 6 nitrogen and oxygen atoms in total. The molecule has 1 aliphatic rings. The number of carbonyl (C=O) groups is 2. The number of amides is 2. The highest BCUT2D eigenvalue weighted by molar-refractivity contribution is 6.35. The molecular formula is C25H26Cl2N4O2. The second-order valence-electron chi connectivity index (χ2n) is 8.23. The Hall–Kier alpha value is -2.83. The van der Waals surface area contributed by atoms with Crippen LogP contribution in [0.2, 0.25) is 10.0 Å². The van der Waals surface area contributed by atoms with Gasteiger partial charge in [-0.15, -0.1) is 0 Å². The number of rotatable bonds is 7. The van der Waals surface area contributed by atoms with Crippen LogP contribution in [0.15, 0.2) is 54.7 Å². The predicted molar refractivity (Wildman–Crippen MR) is 130 cm³/mol. The minimum atomic E-state index is -0.474. The zero-order valence-corrected chi connectivity index (χ0v) is 19.9. The first-order valence-corrected chi connectivity index (χ1v) is 11.8. The Bertz CT molecular complexity index is 1130. The van der Waals surface area contributed by atoms with Crippen LogP contribution in [0.3, 0.4) is 0 Å². The maximum atomic E-state index is 13.0. The minimum absolute atomic E-state index is 0.120. The lowest BCUT2D eigenvalue weighted by Gasteiger charge is -2.24. The molecule has 0 radical (unpaired) electrons. The van der Waals surface area contributed by atoms with E-state index in [2.05, 4.69) is 10.4 Å². The Morgan fingerprint density at radius 1 is 1.12 bits per heavy atom. The Kier molecular flexibility index (Phi) is 7.36. The number of halogens is 2. The number of benzene rings is 2. The first-order valence-electron chi connectivity index (χ1n) is 11.1. The van der Waals surface area contributed by atoms with Gasteiger partial charge in [0.2, 0.25) is 5.91 Å². The van der Waals surface area contributed by atoms with Crippen LogP contribution in [0.5, 0.6) is 0 Å². The number of likely N-dealkylation sites (tertiary alicyclic amines) is 1. The Morgan fingerprint density at radius 2 is 1.85 bits per heavy atom. The van der Waals surface area contributed by atoms with Crippen molar-refractivity contribution < 1.29 is 9.59 Å². The van der Waals surface area contributed by atoms with Gasteiger partial charge in [0.15, 0.2) is 0 Å². The molecule has 172 valence electrons. The average molecular weight is 485 g/mol. The third kappa shape index (κ3) is 5.57. The molecule has 0 bridgehead atoms. The van der Waals surface area contributed by atoms with Gasteiger partial charge >= 0.3 is 0 Å². The van der Waals surface area contributed by atoms with Gasteiger partial charge in [-0.05, 0) is 68.5 Å². The molecule has 3 aromatic rings. The summed E-state index contributed by atoms with van der Waals surface area (Å²) in [5.41, 5.74) is 3.56. The SMILES string of the molecule is Cc1nn(-c2ccccc2)cc1CCCNC(=O)C1CCCN1C(=O)c1cc(Cl)cc(Cl)c1. The molecule has 1 atom stereocenters. The van der Waals surface area contributed by atoms with Gasteiger partial charge in [-0.1, -0.05) is 41.4 Å². The van der Waals surface area contributed by atoms with Gasteiger partial charge in [0, 0.05) is 34.9 Å². The highest BCUT2D eigenvalue weighted by atomic mass is 35.5. The number of nitrogens with zero attached hydrogens (tertiary/aromatic N) is 3. The van der Waals surface area contributed by atoms with Crippen molar-refractivity contribution in [2.45, 2.75) is 38.6 Å². The van der Waals surface area contributed by atoms with Crippen LogP contribution in [0.25, 0.3) is 5.69 Å². The van der Waals surface area contributed by atoms with Crippen molar-refractivity contribution >= 4 is 35.0 Å². The van der Waals surface area contributed by atoms with Crippen LogP contribution >= 0.6 is 23.2 Å². The van der Waals surface area contributed by atoms with E-state index in [1.807, 2.05) is 48.1 Å². The van der Waals surface area contributed by atoms with E-state index in [0.717, 1.165) is 36.2 Å². The molecule has 2 amide bonds. The fourth-order valence-corrected chi connectivity index (χ4v) is 4.71. The normalized spacial score (nSPS) is 15.6. The summed E-state index contributed by atoms with van der Waals surface area (Å²) in [6, 6.07) is 14.3. The standard InChI is InChI=1S/C25H26Cl2N4O2/c1-17-18(16-31(29-17)22-8-3-2-4-9-22)7-5-11-28-24(32)23-10-6-12-30(23)25(33)19-13-20(26)15-21(27)14-19/h2-4,8-9,13-16,23H,5-7,10-12H2,1H3,(H,28,32). The van der Waals surface area contributed by atoms with Gasteiger partial charge in [0.05, 0.1) is 11.4 Å². The third-order valence-electron chi connectivity index (χ3n) is 5.87. The average Bonchev–Trinajstić information content (AvgIpc) is 3.43. The van der Waals surface area contributed by atoms with Gasteiger partial charge in [-0.3, -0.25) is 9.59 Å². The number of aromatic nitrogens is 2. The topological polar surface area (TPSA) is 67.2 Å². The van der Waals surface area contributed by atoms with Crippen molar-refractivity contribution in [3.63, 3.8) is 0 Å². The lowest BCUT2D eigenvalue weighted by Crippen LogP contribution is -2.46. The van der Waals surface area contributed by atoms with Crippen LogP contribution in [0.4, 0.5) is 0 Å². The summed E-state index contributed by atoms with van der Waals surface area (Å²) < 4.78 is 1.88. The van der Waals surface area contributed by atoms with E-state index >= 15 is 0 Å². The molecule has 0 spiro atoms. The molecule has 33 heavy (non-hydrogen) atoms. The molecule has 2 aromatic carbocycles. The second kappa shape index (κ2) is 10.4. The fourth-order valence-electron chi connectivity index (χ4n) is 4.19. The zero-order chi connectivity index (χ0) is 23.4. The van der Waals surface area contributed by atoms with Gasteiger partial charge in [0.1, 0.15) is 6.04 Å². The van der Waals surface area contributed by atoms with E-state index in [4.69, 9.17) is 23.2 Å². The highest BCUT2D eigenvalue weighted by Gasteiger charge is 2.34. The van der Waals surface area contributed by atoms with E-state index in [1.165, 1.54) is 0 Å². The number of carbonyl (C=O) groups excluding carboxylic acids is 2. The van der Waals surface area contributed by atoms with Gasteiger partial charge < -0.3 is 10.2 Å². The van der Waals surface area contributed by atoms with Crippen LogP contribution in [-0.4, -0.2) is 45.6 Å². The van der Waals surface area contributed by atoms with Gasteiger partial charge in [0.25, 0.3) is 5.91 Å². The monoisotopic (exact) mass is 484 g/mol. The quantitative estimate of drug-likeness (QED) is 0.487. The molecule has 1 N–H and O–H groups in total. The highest BCUT2D eigenvalue weighted by Crippen LogP contribution is 2.24. The van der Waals surface area contributed by atoms with Crippen LogP contribution in [0.1, 0.15) is 40.9 Å². The molecule has 2 heterocycles. The molecule has 4 rings (SSSR count). The van der Waals surface area contributed by atoms with Gasteiger partial charge in [-0.25, -0.2) is 4.68 Å². The summed E-state index contributed by atoms with van der Waals surface area (Å²) in [6.45, 7) is 3.08. The molecule has 0 aliphatic carbocycles. The van der Waals surface area contributed by atoms with Crippen molar-refractivity contribution in [2.75, 3.05) is 13.1 Å². The van der Waals surface area contributed by atoms with E-state index in [1.54, 1.807) is 23.1 Å². The Balaban J connectivity index is 1.31. The molecule has 1 aliphatic heterocycles. The number of para-hydroxylation sites is 1. The molecular weight excluding hydrogens is 459 g/mol. The van der Waals surface area contributed by atoms with Crippen molar-refractivity contribution in [3.05, 3.63) is 81.6 Å². The maximum Gasteiger partial charge on any atom is 0.254 e. The number of hydrogen-bond acceptors (Lipinski definition) is 3. The Labute approximate surface area is 203 Å².